The van der Waals surface area contributed by atoms with Crippen molar-refractivity contribution in [3.05, 3.63) is 59.7 Å². The average molecular weight is 362 g/mol. The zero-order valence-electron chi connectivity index (χ0n) is 13.0. The summed E-state index contributed by atoms with van der Waals surface area (Å²) in [5, 5.41) is 0. The van der Waals surface area contributed by atoms with Gasteiger partial charge in [0.1, 0.15) is 6.61 Å². The SMILES string of the molecule is COc1cc([C@@H](N)CC(F)(F)F)ccc1OCc1ccccc1.Cl. The van der Waals surface area contributed by atoms with E-state index in [1.807, 2.05) is 30.3 Å². The number of nitrogens with two attached hydrogens (primary N) is 1. The van der Waals surface area contributed by atoms with Gasteiger partial charge in [-0.3, -0.25) is 0 Å². The van der Waals surface area contributed by atoms with Crippen LogP contribution in [0, 0.1) is 0 Å². The summed E-state index contributed by atoms with van der Waals surface area (Å²) in [6, 6.07) is 13.0. The molecule has 2 rings (SSSR count). The molecule has 2 N–H and O–H groups in total. The number of ether oxygens (including phenoxy) is 2. The summed E-state index contributed by atoms with van der Waals surface area (Å²) in [7, 11) is 1.43. The normalized spacial score (nSPS) is 12.2. The monoisotopic (exact) mass is 361 g/mol. The molecule has 2 aromatic carbocycles. The topological polar surface area (TPSA) is 44.5 Å². The summed E-state index contributed by atoms with van der Waals surface area (Å²) in [5.74, 6) is 0.815. The molecule has 0 aliphatic rings. The third-order valence-electron chi connectivity index (χ3n) is 3.30. The van der Waals surface area contributed by atoms with Crippen molar-refractivity contribution in [2.24, 2.45) is 5.73 Å². The Bertz CT molecular complexity index is 635. The second-order valence-electron chi connectivity index (χ2n) is 5.11. The Morgan fingerprint density at radius 3 is 2.29 bits per heavy atom. The molecule has 0 aromatic heterocycles. The van der Waals surface area contributed by atoms with Crippen LogP contribution in [0.2, 0.25) is 0 Å². The van der Waals surface area contributed by atoms with Gasteiger partial charge in [-0.05, 0) is 23.3 Å². The van der Waals surface area contributed by atoms with Gasteiger partial charge < -0.3 is 15.2 Å². The van der Waals surface area contributed by atoms with E-state index in [1.165, 1.54) is 19.2 Å². The molecular weight excluding hydrogens is 343 g/mol. The lowest BCUT2D eigenvalue weighted by Crippen LogP contribution is -2.20. The fourth-order valence-corrected chi connectivity index (χ4v) is 2.14. The van der Waals surface area contributed by atoms with Crippen molar-refractivity contribution in [2.75, 3.05) is 7.11 Å². The number of halogens is 4. The second kappa shape index (κ2) is 8.80. The largest absolute Gasteiger partial charge is 0.493 e. The van der Waals surface area contributed by atoms with E-state index in [4.69, 9.17) is 15.2 Å². The maximum absolute atomic E-state index is 12.4. The molecule has 0 saturated carbocycles. The van der Waals surface area contributed by atoms with Crippen LogP contribution in [-0.4, -0.2) is 13.3 Å². The van der Waals surface area contributed by atoms with Crippen molar-refractivity contribution >= 4 is 12.4 Å². The molecular formula is C17H19ClF3NO2. The number of benzene rings is 2. The lowest BCUT2D eigenvalue weighted by Gasteiger charge is -2.17. The Hall–Kier alpha value is -1.92. The minimum atomic E-state index is -4.31. The molecule has 24 heavy (non-hydrogen) atoms. The van der Waals surface area contributed by atoms with E-state index in [1.54, 1.807) is 6.07 Å². The Morgan fingerprint density at radius 2 is 1.71 bits per heavy atom. The van der Waals surface area contributed by atoms with E-state index in [0.717, 1.165) is 5.56 Å². The van der Waals surface area contributed by atoms with Gasteiger partial charge in [0.05, 0.1) is 13.5 Å². The molecule has 0 aliphatic carbocycles. The molecule has 7 heteroatoms. The van der Waals surface area contributed by atoms with Gasteiger partial charge in [-0.2, -0.15) is 13.2 Å². The van der Waals surface area contributed by atoms with Crippen LogP contribution in [-0.2, 0) is 6.61 Å². The fraction of sp³-hybridized carbons (Fsp3) is 0.294. The van der Waals surface area contributed by atoms with Crippen molar-refractivity contribution in [1.82, 2.24) is 0 Å². The number of methoxy groups -OCH3 is 1. The summed E-state index contributed by atoms with van der Waals surface area (Å²) >= 11 is 0. The van der Waals surface area contributed by atoms with E-state index in [-0.39, 0.29) is 12.4 Å². The smallest absolute Gasteiger partial charge is 0.390 e. The number of hydrogen-bond acceptors (Lipinski definition) is 3. The Labute approximate surface area is 145 Å². The Morgan fingerprint density at radius 1 is 1.04 bits per heavy atom. The van der Waals surface area contributed by atoms with Gasteiger partial charge in [0.25, 0.3) is 0 Å². The van der Waals surface area contributed by atoms with Crippen molar-refractivity contribution in [1.29, 1.82) is 0 Å². The first-order valence-corrected chi connectivity index (χ1v) is 7.06. The molecule has 0 fully saturated rings. The van der Waals surface area contributed by atoms with E-state index >= 15 is 0 Å². The number of alkyl halides is 3. The number of hydrogen-bond donors (Lipinski definition) is 1. The van der Waals surface area contributed by atoms with Crippen molar-refractivity contribution in [3.63, 3.8) is 0 Å². The first kappa shape index (κ1) is 20.1. The predicted octanol–water partition coefficient (Wildman–Crippen LogP) is 4.65. The van der Waals surface area contributed by atoms with Crippen LogP contribution in [0.25, 0.3) is 0 Å². The molecule has 3 nitrogen and oxygen atoms in total. The van der Waals surface area contributed by atoms with Crippen LogP contribution in [0.4, 0.5) is 13.2 Å². The van der Waals surface area contributed by atoms with Crippen molar-refractivity contribution in [2.45, 2.75) is 25.2 Å². The second-order valence-corrected chi connectivity index (χ2v) is 5.11. The van der Waals surface area contributed by atoms with Crippen molar-refractivity contribution in [3.8, 4) is 11.5 Å². The third-order valence-corrected chi connectivity index (χ3v) is 3.30. The maximum atomic E-state index is 12.4. The third kappa shape index (κ3) is 5.94. The summed E-state index contributed by atoms with van der Waals surface area (Å²) in [4.78, 5) is 0. The fourth-order valence-electron chi connectivity index (χ4n) is 2.14. The molecule has 0 aliphatic heterocycles. The zero-order chi connectivity index (χ0) is 16.9. The standard InChI is InChI=1S/C17H18F3NO2.ClH/c1-22-16-9-13(14(21)10-17(18,19)20)7-8-15(16)23-11-12-5-3-2-4-6-12;/h2-9,14H,10-11,21H2,1H3;1H/t14-;/m0./s1. The van der Waals surface area contributed by atoms with Crippen LogP contribution in [0.15, 0.2) is 48.5 Å². The predicted molar refractivity (Wildman–Crippen MR) is 88.6 cm³/mol. The lowest BCUT2D eigenvalue weighted by molar-refractivity contribution is -0.138. The van der Waals surface area contributed by atoms with Crippen LogP contribution < -0.4 is 15.2 Å². The van der Waals surface area contributed by atoms with Gasteiger partial charge in [-0.1, -0.05) is 36.4 Å². The van der Waals surface area contributed by atoms with Crippen LogP contribution in [0.1, 0.15) is 23.6 Å². The minimum absolute atomic E-state index is 0. The van der Waals surface area contributed by atoms with Crippen molar-refractivity contribution < 1.29 is 22.6 Å². The quantitative estimate of drug-likeness (QED) is 0.814. The molecule has 0 spiro atoms. The highest BCUT2D eigenvalue weighted by Crippen LogP contribution is 2.34. The molecule has 0 unspecified atom stereocenters. The Kier molecular flexibility index (Phi) is 7.38. The molecule has 0 bridgehead atoms. The van der Waals surface area contributed by atoms with E-state index < -0.39 is 18.6 Å². The first-order chi connectivity index (χ1) is 10.9. The van der Waals surface area contributed by atoms with Crippen LogP contribution >= 0.6 is 12.4 Å². The highest BCUT2D eigenvalue weighted by Gasteiger charge is 2.31. The van der Waals surface area contributed by atoms with Crippen LogP contribution in [0.3, 0.4) is 0 Å². The van der Waals surface area contributed by atoms with Crippen LogP contribution in [0.5, 0.6) is 11.5 Å². The van der Waals surface area contributed by atoms with Gasteiger partial charge in [0.2, 0.25) is 0 Å². The molecule has 0 radical (unpaired) electrons. The molecule has 0 heterocycles. The van der Waals surface area contributed by atoms with Gasteiger partial charge in [0, 0.05) is 6.04 Å². The van der Waals surface area contributed by atoms with Gasteiger partial charge in [-0.25, -0.2) is 0 Å². The molecule has 2 aromatic rings. The zero-order valence-corrected chi connectivity index (χ0v) is 13.9. The molecule has 132 valence electrons. The van der Waals surface area contributed by atoms with E-state index in [2.05, 4.69) is 0 Å². The molecule has 0 amide bonds. The maximum Gasteiger partial charge on any atom is 0.390 e. The highest BCUT2D eigenvalue weighted by molar-refractivity contribution is 5.85. The first-order valence-electron chi connectivity index (χ1n) is 7.06. The molecule has 0 saturated heterocycles. The molecule has 1 atom stereocenters. The van der Waals surface area contributed by atoms with Gasteiger partial charge in [-0.15, -0.1) is 12.4 Å². The van der Waals surface area contributed by atoms with E-state index in [0.29, 0.717) is 23.7 Å². The summed E-state index contributed by atoms with van der Waals surface area (Å²) in [6.45, 7) is 0.338. The summed E-state index contributed by atoms with van der Waals surface area (Å²) in [6.07, 6.45) is -5.39. The summed E-state index contributed by atoms with van der Waals surface area (Å²) < 4.78 is 48.1. The number of rotatable bonds is 6. The van der Waals surface area contributed by atoms with Gasteiger partial charge in [0.15, 0.2) is 11.5 Å². The minimum Gasteiger partial charge on any atom is -0.493 e. The van der Waals surface area contributed by atoms with E-state index in [9.17, 15) is 13.2 Å². The summed E-state index contributed by atoms with van der Waals surface area (Å²) in [5.41, 5.74) is 6.94. The highest BCUT2D eigenvalue weighted by atomic mass is 35.5. The van der Waals surface area contributed by atoms with Gasteiger partial charge >= 0.3 is 6.18 Å². The Balaban J connectivity index is 0.00000288. The lowest BCUT2D eigenvalue weighted by atomic mass is 10.0. The average Bonchev–Trinajstić information content (AvgIpc) is 2.52.